The van der Waals surface area contributed by atoms with Crippen LogP contribution in [-0.2, 0) is 4.74 Å². The summed E-state index contributed by atoms with van der Waals surface area (Å²) in [6, 6.07) is 0. The number of likely N-dealkylation sites (tertiary alicyclic amines) is 1. The molecule has 84 valence electrons. The van der Waals surface area contributed by atoms with Crippen LogP contribution in [0.1, 0.15) is 27.2 Å². The lowest BCUT2D eigenvalue weighted by molar-refractivity contribution is -0.0347. The number of aliphatic hydroxyl groups is 1. The second kappa shape index (κ2) is 4.60. The number of β-amino-alcohol motifs (C(OH)–C–C–N with tert-alkyl or cyclic N) is 1. The fourth-order valence-electron chi connectivity index (χ4n) is 2.10. The number of piperidine rings is 1. The van der Waals surface area contributed by atoms with Crippen LogP contribution in [0.3, 0.4) is 0 Å². The first-order chi connectivity index (χ1) is 6.42. The van der Waals surface area contributed by atoms with Crippen LogP contribution >= 0.6 is 0 Å². The Bertz CT molecular complexity index is 177. The molecule has 1 aliphatic heterocycles. The van der Waals surface area contributed by atoms with Gasteiger partial charge in [-0.25, -0.2) is 0 Å². The van der Waals surface area contributed by atoms with E-state index in [1.165, 1.54) is 0 Å². The Hall–Kier alpha value is -0.120. The monoisotopic (exact) mass is 201 g/mol. The van der Waals surface area contributed by atoms with Gasteiger partial charge in [-0.1, -0.05) is 6.92 Å². The molecule has 3 heteroatoms. The molecular formula is C11H23NO2. The van der Waals surface area contributed by atoms with Crippen LogP contribution in [0.4, 0.5) is 0 Å². The highest BCUT2D eigenvalue weighted by Crippen LogP contribution is 2.20. The zero-order chi connectivity index (χ0) is 10.8. The van der Waals surface area contributed by atoms with Crippen LogP contribution in [0.2, 0.25) is 0 Å². The molecule has 1 saturated heterocycles. The summed E-state index contributed by atoms with van der Waals surface area (Å²) in [5.74, 6) is 0.637. The van der Waals surface area contributed by atoms with Crippen LogP contribution in [-0.4, -0.2) is 48.5 Å². The van der Waals surface area contributed by atoms with Gasteiger partial charge >= 0.3 is 0 Å². The first-order valence-corrected chi connectivity index (χ1v) is 5.40. The van der Waals surface area contributed by atoms with E-state index in [1.807, 2.05) is 13.8 Å². The lowest BCUT2D eigenvalue weighted by Crippen LogP contribution is -2.48. The van der Waals surface area contributed by atoms with E-state index in [0.717, 1.165) is 26.1 Å². The Labute approximate surface area is 87.1 Å². The van der Waals surface area contributed by atoms with Crippen LogP contribution in [0.5, 0.6) is 0 Å². The van der Waals surface area contributed by atoms with E-state index in [0.29, 0.717) is 12.0 Å². The van der Waals surface area contributed by atoms with Crippen molar-refractivity contribution in [3.63, 3.8) is 0 Å². The van der Waals surface area contributed by atoms with Crippen molar-refractivity contribution in [3.05, 3.63) is 0 Å². The van der Waals surface area contributed by atoms with Crippen molar-refractivity contribution >= 4 is 0 Å². The highest BCUT2D eigenvalue weighted by Gasteiger charge is 2.28. The molecule has 0 amide bonds. The summed E-state index contributed by atoms with van der Waals surface area (Å²) >= 11 is 0. The number of nitrogens with zero attached hydrogens (tertiary/aromatic N) is 1. The van der Waals surface area contributed by atoms with Gasteiger partial charge in [0.1, 0.15) is 0 Å². The zero-order valence-electron chi connectivity index (χ0n) is 9.79. The van der Waals surface area contributed by atoms with Crippen molar-refractivity contribution in [1.29, 1.82) is 0 Å². The Morgan fingerprint density at radius 1 is 1.50 bits per heavy atom. The summed E-state index contributed by atoms with van der Waals surface area (Å²) in [6.07, 6.45) is 1.49. The Morgan fingerprint density at radius 2 is 2.14 bits per heavy atom. The largest absolute Gasteiger partial charge is 0.389 e. The van der Waals surface area contributed by atoms with Gasteiger partial charge in [0.05, 0.1) is 11.7 Å². The summed E-state index contributed by atoms with van der Waals surface area (Å²) < 4.78 is 5.42. The predicted molar refractivity (Wildman–Crippen MR) is 57.3 cm³/mol. The van der Waals surface area contributed by atoms with Crippen molar-refractivity contribution in [3.8, 4) is 0 Å². The molecule has 0 spiro atoms. The van der Waals surface area contributed by atoms with E-state index in [1.54, 1.807) is 7.11 Å². The molecule has 0 aromatic carbocycles. The van der Waals surface area contributed by atoms with Gasteiger partial charge in [0, 0.05) is 20.2 Å². The van der Waals surface area contributed by atoms with Crippen molar-refractivity contribution in [2.75, 3.05) is 26.7 Å². The van der Waals surface area contributed by atoms with Gasteiger partial charge in [-0.3, -0.25) is 4.90 Å². The van der Waals surface area contributed by atoms with Gasteiger partial charge in [-0.2, -0.15) is 0 Å². The Morgan fingerprint density at radius 3 is 2.64 bits per heavy atom. The molecule has 1 heterocycles. The van der Waals surface area contributed by atoms with E-state index < -0.39 is 5.60 Å². The van der Waals surface area contributed by atoms with Crippen LogP contribution < -0.4 is 0 Å². The van der Waals surface area contributed by atoms with E-state index >= 15 is 0 Å². The van der Waals surface area contributed by atoms with Gasteiger partial charge in [0.2, 0.25) is 0 Å². The molecule has 1 fully saturated rings. The zero-order valence-corrected chi connectivity index (χ0v) is 9.79. The fourth-order valence-corrected chi connectivity index (χ4v) is 2.10. The van der Waals surface area contributed by atoms with Crippen LogP contribution in [0.25, 0.3) is 0 Å². The molecule has 0 aliphatic carbocycles. The highest BCUT2D eigenvalue weighted by atomic mass is 16.5. The molecule has 3 nitrogen and oxygen atoms in total. The molecular weight excluding hydrogens is 178 g/mol. The first kappa shape index (κ1) is 12.0. The second-order valence-electron chi connectivity index (χ2n) is 5.09. The maximum absolute atomic E-state index is 9.71. The average Bonchev–Trinajstić information content (AvgIpc) is 2.06. The highest BCUT2D eigenvalue weighted by molar-refractivity contribution is 4.82. The molecule has 0 saturated carbocycles. The summed E-state index contributed by atoms with van der Waals surface area (Å²) in [5.41, 5.74) is -0.598. The molecule has 1 rings (SSSR count). The van der Waals surface area contributed by atoms with Gasteiger partial charge < -0.3 is 9.84 Å². The van der Waals surface area contributed by atoms with E-state index in [-0.39, 0.29) is 0 Å². The SMILES string of the molecule is COC1CN(CC(C)(C)O)CCC1C. The van der Waals surface area contributed by atoms with E-state index in [4.69, 9.17) is 4.74 Å². The second-order valence-corrected chi connectivity index (χ2v) is 5.09. The van der Waals surface area contributed by atoms with Crippen LogP contribution in [0.15, 0.2) is 0 Å². The fraction of sp³-hybridized carbons (Fsp3) is 1.00. The van der Waals surface area contributed by atoms with Gasteiger partial charge in [0.25, 0.3) is 0 Å². The van der Waals surface area contributed by atoms with Gasteiger partial charge in [0.15, 0.2) is 0 Å². The van der Waals surface area contributed by atoms with Crippen molar-refractivity contribution in [2.45, 2.75) is 38.9 Å². The third-order valence-corrected chi connectivity index (χ3v) is 2.89. The number of hydrogen-bond donors (Lipinski definition) is 1. The minimum absolute atomic E-state index is 0.325. The van der Waals surface area contributed by atoms with Crippen LogP contribution in [0, 0.1) is 5.92 Å². The van der Waals surface area contributed by atoms with E-state index in [2.05, 4.69) is 11.8 Å². The third kappa shape index (κ3) is 3.56. The molecule has 1 aliphatic rings. The standard InChI is InChI=1S/C11H23NO2/c1-9-5-6-12(7-10(9)14-4)8-11(2,3)13/h9-10,13H,5-8H2,1-4H3. The Balaban J connectivity index is 2.43. The van der Waals surface area contributed by atoms with Crippen molar-refractivity contribution in [1.82, 2.24) is 4.90 Å². The smallest absolute Gasteiger partial charge is 0.0724 e. The molecule has 1 N–H and O–H groups in total. The first-order valence-electron chi connectivity index (χ1n) is 5.40. The molecule has 14 heavy (non-hydrogen) atoms. The molecule has 2 atom stereocenters. The number of methoxy groups -OCH3 is 1. The predicted octanol–water partition coefficient (Wildman–Crippen LogP) is 1.11. The summed E-state index contributed by atoms with van der Waals surface area (Å²) in [6.45, 7) is 8.70. The Kier molecular flexibility index (Phi) is 3.93. The summed E-state index contributed by atoms with van der Waals surface area (Å²) in [5, 5.41) is 9.71. The molecule has 0 aromatic rings. The topological polar surface area (TPSA) is 32.7 Å². The molecule has 2 unspecified atom stereocenters. The minimum Gasteiger partial charge on any atom is -0.389 e. The quantitative estimate of drug-likeness (QED) is 0.742. The van der Waals surface area contributed by atoms with Gasteiger partial charge in [-0.05, 0) is 32.7 Å². The molecule has 0 radical (unpaired) electrons. The number of rotatable bonds is 3. The number of hydrogen-bond acceptors (Lipinski definition) is 3. The third-order valence-electron chi connectivity index (χ3n) is 2.89. The maximum atomic E-state index is 9.71. The van der Waals surface area contributed by atoms with Crippen molar-refractivity contribution in [2.24, 2.45) is 5.92 Å². The minimum atomic E-state index is -0.598. The van der Waals surface area contributed by atoms with Crippen molar-refractivity contribution < 1.29 is 9.84 Å². The maximum Gasteiger partial charge on any atom is 0.0724 e. The molecule has 0 aromatic heterocycles. The molecule has 0 bridgehead atoms. The summed E-state index contributed by atoms with van der Waals surface area (Å²) in [4.78, 5) is 2.29. The van der Waals surface area contributed by atoms with Gasteiger partial charge in [-0.15, -0.1) is 0 Å². The lowest BCUT2D eigenvalue weighted by Gasteiger charge is -2.38. The average molecular weight is 201 g/mol. The van der Waals surface area contributed by atoms with E-state index in [9.17, 15) is 5.11 Å². The normalized spacial score (nSPS) is 30.6. The number of ether oxygens (including phenoxy) is 1. The summed E-state index contributed by atoms with van der Waals surface area (Å²) in [7, 11) is 1.77. The lowest BCUT2D eigenvalue weighted by atomic mass is 9.95.